The molecule has 6 heteroatoms. The maximum atomic E-state index is 10.2. The summed E-state index contributed by atoms with van der Waals surface area (Å²) in [7, 11) is 0. The number of tetrazole rings is 1. The van der Waals surface area contributed by atoms with Crippen LogP contribution in [0, 0.1) is 0 Å². The molecule has 0 unspecified atom stereocenters. The Balaban J connectivity index is 2.88. The van der Waals surface area contributed by atoms with Gasteiger partial charge in [-0.2, -0.15) is 9.73 Å². The molecule has 0 aliphatic carbocycles. The Morgan fingerprint density at radius 1 is 1.70 bits per heavy atom. The minimum absolute atomic E-state index is 0.405. The van der Waals surface area contributed by atoms with Gasteiger partial charge < -0.3 is 0 Å². The van der Waals surface area contributed by atoms with Crippen LogP contribution in [0.5, 0.6) is 0 Å². The molecule has 1 N–H and O–H groups in total. The first-order chi connectivity index (χ1) is 4.92. The Bertz CT molecular complexity index is 360. The molecule has 0 aliphatic heterocycles. The third-order valence-electron chi connectivity index (χ3n) is 1.18. The summed E-state index contributed by atoms with van der Waals surface area (Å²) in [6, 6.07) is 0. The van der Waals surface area contributed by atoms with Crippen molar-refractivity contribution in [2.45, 2.75) is 0 Å². The molecule has 6 nitrogen and oxygen atoms in total. The number of imidazole rings is 1. The van der Waals surface area contributed by atoms with E-state index in [0.717, 1.165) is 0 Å². The highest BCUT2D eigenvalue weighted by atomic mass is 16.1. The fourth-order valence-electron chi connectivity index (χ4n) is 0.723. The fraction of sp³-hybridized carbons (Fsp3) is 0. The van der Waals surface area contributed by atoms with Crippen molar-refractivity contribution in [3.05, 3.63) is 11.9 Å². The van der Waals surface area contributed by atoms with E-state index in [1.165, 1.54) is 10.7 Å². The van der Waals surface area contributed by atoms with E-state index in [0.29, 0.717) is 17.8 Å². The van der Waals surface area contributed by atoms with Crippen molar-refractivity contribution in [2.24, 2.45) is 0 Å². The van der Waals surface area contributed by atoms with Gasteiger partial charge in [-0.1, -0.05) is 5.10 Å². The third-order valence-corrected chi connectivity index (χ3v) is 1.18. The lowest BCUT2D eigenvalue weighted by atomic mass is 10.5. The molecule has 0 aliphatic rings. The largest absolute Gasteiger partial charge is 0.296 e. The van der Waals surface area contributed by atoms with E-state index < -0.39 is 0 Å². The number of carbonyl (C=O) groups is 1. The number of aldehydes is 1. The predicted molar refractivity (Wildman–Crippen MR) is 30.5 cm³/mol. The monoisotopic (exact) mass is 137 g/mol. The number of rotatable bonds is 1. The van der Waals surface area contributed by atoms with E-state index >= 15 is 0 Å². The van der Waals surface area contributed by atoms with Crippen LogP contribution in [0.1, 0.15) is 10.5 Å². The summed E-state index contributed by atoms with van der Waals surface area (Å²) in [5.41, 5.74) is 0.417. The first-order valence-electron chi connectivity index (χ1n) is 2.61. The maximum Gasteiger partial charge on any atom is 0.272 e. The highest BCUT2D eigenvalue weighted by molar-refractivity contribution is 5.72. The van der Waals surface area contributed by atoms with Crippen LogP contribution in [0.3, 0.4) is 0 Å². The lowest BCUT2D eigenvalue weighted by molar-refractivity contribution is 0.111. The number of aromatic amines is 1. The molecule has 2 heterocycles. The van der Waals surface area contributed by atoms with Gasteiger partial charge in [0.2, 0.25) is 0 Å². The first kappa shape index (κ1) is 5.10. The van der Waals surface area contributed by atoms with Crippen molar-refractivity contribution in [1.82, 2.24) is 25.0 Å². The number of fused-ring (bicyclic) bond motifs is 1. The highest BCUT2D eigenvalue weighted by Gasteiger charge is 2.02. The molecule has 2 rings (SSSR count). The second-order valence-corrected chi connectivity index (χ2v) is 1.74. The molecule has 0 bridgehead atoms. The molecule has 0 saturated carbocycles. The Labute approximate surface area is 54.8 Å². The van der Waals surface area contributed by atoms with E-state index in [2.05, 4.69) is 20.5 Å². The van der Waals surface area contributed by atoms with Gasteiger partial charge in [-0.05, 0) is 5.21 Å². The van der Waals surface area contributed by atoms with Crippen LogP contribution in [0.25, 0.3) is 5.78 Å². The van der Waals surface area contributed by atoms with Crippen LogP contribution in [-0.2, 0) is 0 Å². The molecule has 0 atom stereocenters. The van der Waals surface area contributed by atoms with Gasteiger partial charge in [-0.15, -0.1) is 0 Å². The van der Waals surface area contributed by atoms with Crippen LogP contribution < -0.4 is 0 Å². The summed E-state index contributed by atoms with van der Waals surface area (Å²) < 4.78 is 1.40. The SMILES string of the molecule is O=Cc1cnc2nn[nH]n12. The van der Waals surface area contributed by atoms with Crippen molar-refractivity contribution < 1.29 is 4.79 Å². The molecule has 0 amide bonds. The number of H-pyrrole nitrogens is 1. The van der Waals surface area contributed by atoms with E-state index in [-0.39, 0.29) is 0 Å². The number of nitrogens with zero attached hydrogens (tertiary/aromatic N) is 4. The van der Waals surface area contributed by atoms with Crippen LogP contribution in [0.2, 0.25) is 0 Å². The van der Waals surface area contributed by atoms with Crippen molar-refractivity contribution in [3.8, 4) is 0 Å². The Morgan fingerprint density at radius 2 is 2.60 bits per heavy atom. The van der Waals surface area contributed by atoms with Crippen molar-refractivity contribution in [3.63, 3.8) is 0 Å². The minimum atomic E-state index is 0.405. The average molecular weight is 137 g/mol. The van der Waals surface area contributed by atoms with E-state index in [9.17, 15) is 4.79 Å². The zero-order valence-corrected chi connectivity index (χ0v) is 4.85. The van der Waals surface area contributed by atoms with Gasteiger partial charge in [-0.25, -0.2) is 4.98 Å². The number of aromatic nitrogens is 5. The van der Waals surface area contributed by atoms with Crippen molar-refractivity contribution in [1.29, 1.82) is 0 Å². The lowest BCUT2D eigenvalue weighted by Crippen LogP contribution is -1.89. The topological polar surface area (TPSA) is 75.9 Å². The van der Waals surface area contributed by atoms with E-state index in [1.54, 1.807) is 0 Å². The standard InChI is InChI=1S/C4H3N5O/c10-2-3-1-5-4-6-7-8-9(3)4/h1-2H,(H,5,6,8). The molecule has 10 heavy (non-hydrogen) atoms. The zero-order chi connectivity index (χ0) is 6.97. The van der Waals surface area contributed by atoms with Crippen molar-refractivity contribution >= 4 is 12.1 Å². The predicted octanol–water partition coefficient (Wildman–Crippen LogP) is -0.735. The van der Waals surface area contributed by atoms with Gasteiger partial charge in [-0.3, -0.25) is 4.79 Å². The second kappa shape index (κ2) is 1.63. The summed E-state index contributed by atoms with van der Waals surface area (Å²) in [4.78, 5) is 14.0. The molecule has 0 saturated heterocycles. The number of hydrogen-bond acceptors (Lipinski definition) is 4. The molecule has 2 aromatic rings. The van der Waals surface area contributed by atoms with Gasteiger partial charge in [0.05, 0.1) is 6.20 Å². The minimum Gasteiger partial charge on any atom is -0.296 e. The molecule has 0 aromatic carbocycles. The van der Waals surface area contributed by atoms with Crippen LogP contribution in [-0.4, -0.2) is 31.3 Å². The lowest BCUT2D eigenvalue weighted by Gasteiger charge is -1.79. The van der Waals surface area contributed by atoms with E-state index in [1.807, 2.05) is 0 Å². The summed E-state index contributed by atoms with van der Waals surface area (Å²) in [5.74, 6) is 0.405. The molecule has 0 spiro atoms. The molecule has 0 radical (unpaired) electrons. The highest BCUT2D eigenvalue weighted by Crippen LogP contribution is 1.95. The van der Waals surface area contributed by atoms with E-state index in [4.69, 9.17) is 0 Å². The Morgan fingerprint density at radius 3 is 3.40 bits per heavy atom. The molecule has 50 valence electrons. The number of hydrogen-bond donors (Lipinski definition) is 1. The van der Waals surface area contributed by atoms with Crippen LogP contribution >= 0.6 is 0 Å². The molecule has 0 fully saturated rings. The van der Waals surface area contributed by atoms with Gasteiger partial charge in [0.25, 0.3) is 5.78 Å². The summed E-state index contributed by atoms with van der Waals surface area (Å²) in [5, 5.41) is 9.49. The smallest absolute Gasteiger partial charge is 0.272 e. The number of nitrogens with one attached hydrogen (secondary N) is 1. The van der Waals surface area contributed by atoms with Crippen LogP contribution in [0.15, 0.2) is 6.20 Å². The van der Waals surface area contributed by atoms with Gasteiger partial charge >= 0.3 is 0 Å². The Kier molecular flexibility index (Phi) is 0.830. The third kappa shape index (κ3) is 0.471. The normalized spacial score (nSPS) is 10.4. The fourth-order valence-corrected chi connectivity index (χ4v) is 0.723. The van der Waals surface area contributed by atoms with Crippen LogP contribution in [0.4, 0.5) is 0 Å². The van der Waals surface area contributed by atoms with Crippen molar-refractivity contribution in [2.75, 3.05) is 0 Å². The molecular formula is C4H3N5O. The summed E-state index contributed by atoms with van der Waals surface area (Å²) >= 11 is 0. The Hall–Kier alpha value is -1.72. The summed E-state index contributed by atoms with van der Waals surface area (Å²) in [6.07, 6.45) is 2.10. The number of carbonyl (C=O) groups excluding carboxylic acids is 1. The molecular weight excluding hydrogens is 134 g/mol. The maximum absolute atomic E-state index is 10.2. The van der Waals surface area contributed by atoms with Gasteiger partial charge in [0.15, 0.2) is 6.29 Å². The molecule has 2 aromatic heterocycles. The first-order valence-corrected chi connectivity index (χ1v) is 2.61. The van der Waals surface area contributed by atoms with Gasteiger partial charge in [0.1, 0.15) is 5.69 Å². The van der Waals surface area contributed by atoms with Gasteiger partial charge in [0, 0.05) is 0 Å². The summed E-state index contributed by atoms with van der Waals surface area (Å²) in [6.45, 7) is 0. The quantitative estimate of drug-likeness (QED) is 0.525. The zero-order valence-electron chi connectivity index (χ0n) is 4.85. The second-order valence-electron chi connectivity index (χ2n) is 1.74. The average Bonchev–Trinajstić information content (AvgIpc) is 2.44.